The predicted octanol–water partition coefficient (Wildman–Crippen LogP) is 3.29. The first-order chi connectivity index (χ1) is 9.00. The molecule has 0 aliphatic heterocycles. The average Bonchev–Trinajstić information content (AvgIpc) is 2.41. The third-order valence-corrected chi connectivity index (χ3v) is 2.69. The largest absolute Gasteiger partial charge is 0.479 e. The maximum Gasteiger partial charge on any atom is 0.200 e. The van der Waals surface area contributed by atoms with Gasteiger partial charge in [0.15, 0.2) is 29.7 Å². The highest BCUT2D eigenvalue weighted by atomic mass is 32.2. The van der Waals surface area contributed by atoms with Crippen LogP contribution in [0.3, 0.4) is 0 Å². The van der Waals surface area contributed by atoms with Crippen molar-refractivity contribution in [3.63, 3.8) is 0 Å². The standard InChI is InChI=1S/C11H10F5NOS/c1-19-3-2-17-5-18-4-6-7(12)9(14)11(16)10(15)8(6)13/h5H,2-4H2,1H3. The Morgan fingerprint density at radius 1 is 1.00 bits per heavy atom. The van der Waals surface area contributed by atoms with Crippen LogP contribution in [0.5, 0.6) is 0 Å². The van der Waals surface area contributed by atoms with Crippen LogP contribution in [0.15, 0.2) is 4.99 Å². The van der Waals surface area contributed by atoms with Gasteiger partial charge in [-0.05, 0) is 6.26 Å². The molecule has 0 fully saturated rings. The van der Waals surface area contributed by atoms with Crippen LogP contribution in [0, 0.1) is 29.1 Å². The van der Waals surface area contributed by atoms with Crippen LogP contribution in [0.2, 0.25) is 0 Å². The van der Waals surface area contributed by atoms with E-state index >= 15 is 0 Å². The maximum atomic E-state index is 13.2. The number of benzene rings is 1. The smallest absolute Gasteiger partial charge is 0.200 e. The van der Waals surface area contributed by atoms with Crippen LogP contribution >= 0.6 is 11.8 Å². The fourth-order valence-electron chi connectivity index (χ4n) is 1.15. The van der Waals surface area contributed by atoms with Gasteiger partial charge in [-0.2, -0.15) is 11.8 Å². The first kappa shape index (κ1) is 15.7. The van der Waals surface area contributed by atoms with Crippen molar-refractivity contribution >= 4 is 18.2 Å². The Balaban J connectivity index is 2.77. The number of aliphatic imine (C=N–C) groups is 1. The van der Waals surface area contributed by atoms with Gasteiger partial charge < -0.3 is 4.74 Å². The minimum absolute atomic E-state index is 0.429. The monoisotopic (exact) mass is 299 g/mol. The Morgan fingerprint density at radius 3 is 2.05 bits per heavy atom. The van der Waals surface area contributed by atoms with Crippen molar-refractivity contribution in [1.82, 2.24) is 0 Å². The molecule has 1 aromatic carbocycles. The van der Waals surface area contributed by atoms with Gasteiger partial charge in [-0.1, -0.05) is 0 Å². The molecule has 0 aliphatic rings. The Bertz CT molecular complexity index is 452. The number of thioether (sulfide) groups is 1. The summed E-state index contributed by atoms with van der Waals surface area (Å²) in [7, 11) is 0. The summed E-state index contributed by atoms with van der Waals surface area (Å²) in [5.41, 5.74) is -1.02. The number of halogens is 5. The lowest BCUT2D eigenvalue weighted by Crippen LogP contribution is -2.08. The molecule has 0 spiro atoms. The average molecular weight is 299 g/mol. The first-order valence-electron chi connectivity index (χ1n) is 5.09. The molecule has 0 amide bonds. The normalized spacial score (nSPS) is 11.3. The van der Waals surface area contributed by atoms with Crippen LogP contribution in [-0.2, 0) is 11.3 Å². The lowest BCUT2D eigenvalue weighted by molar-refractivity contribution is 0.279. The second-order valence-electron chi connectivity index (χ2n) is 3.36. The zero-order valence-corrected chi connectivity index (χ0v) is 10.7. The van der Waals surface area contributed by atoms with E-state index in [0.29, 0.717) is 6.54 Å². The summed E-state index contributed by atoms with van der Waals surface area (Å²) in [5.74, 6) is -9.23. The maximum absolute atomic E-state index is 13.2. The molecule has 0 saturated heterocycles. The third-order valence-electron chi connectivity index (χ3n) is 2.10. The Kier molecular flexibility index (Phi) is 6.07. The predicted molar refractivity (Wildman–Crippen MR) is 62.8 cm³/mol. The zero-order valence-electron chi connectivity index (χ0n) is 9.85. The molecule has 2 nitrogen and oxygen atoms in total. The molecular weight excluding hydrogens is 289 g/mol. The summed E-state index contributed by atoms with van der Waals surface area (Å²) in [6.07, 6.45) is 2.79. The number of hydrogen-bond donors (Lipinski definition) is 0. The number of ether oxygens (including phenoxy) is 1. The Morgan fingerprint density at radius 2 is 1.53 bits per heavy atom. The molecule has 0 heterocycles. The van der Waals surface area contributed by atoms with Crippen molar-refractivity contribution in [2.45, 2.75) is 6.61 Å². The van der Waals surface area contributed by atoms with Gasteiger partial charge in [0.1, 0.15) is 6.61 Å². The van der Waals surface area contributed by atoms with E-state index in [1.807, 2.05) is 6.26 Å². The number of hydrogen-bond acceptors (Lipinski definition) is 3. The summed E-state index contributed by atoms with van der Waals surface area (Å²) < 4.78 is 69.4. The Labute approximate surface area is 110 Å². The van der Waals surface area contributed by atoms with E-state index in [-0.39, 0.29) is 0 Å². The molecule has 0 radical (unpaired) electrons. The van der Waals surface area contributed by atoms with E-state index < -0.39 is 41.3 Å². The Hall–Kier alpha value is -1.31. The van der Waals surface area contributed by atoms with E-state index in [9.17, 15) is 22.0 Å². The molecular formula is C11H10F5NOS. The molecule has 0 unspecified atom stereocenters. The highest BCUT2D eigenvalue weighted by Crippen LogP contribution is 2.23. The zero-order chi connectivity index (χ0) is 14.4. The lowest BCUT2D eigenvalue weighted by atomic mass is 10.2. The van der Waals surface area contributed by atoms with Gasteiger partial charge in [0.25, 0.3) is 0 Å². The lowest BCUT2D eigenvalue weighted by Gasteiger charge is -2.07. The molecule has 106 valence electrons. The van der Waals surface area contributed by atoms with E-state index in [1.165, 1.54) is 11.8 Å². The molecule has 0 bridgehead atoms. The second-order valence-corrected chi connectivity index (χ2v) is 4.35. The molecule has 1 aromatic rings. The molecule has 8 heteroatoms. The summed E-state index contributed by atoms with van der Waals surface area (Å²) in [4.78, 5) is 3.72. The van der Waals surface area contributed by atoms with Gasteiger partial charge in [-0.15, -0.1) is 0 Å². The van der Waals surface area contributed by atoms with Gasteiger partial charge >= 0.3 is 0 Å². The number of nitrogens with zero attached hydrogens (tertiary/aromatic N) is 1. The van der Waals surface area contributed by atoms with Crippen LogP contribution in [-0.4, -0.2) is 25.0 Å². The van der Waals surface area contributed by atoms with Gasteiger partial charge in [0.05, 0.1) is 12.1 Å². The van der Waals surface area contributed by atoms with E-state index in [2.05, 4.69) is 9.73 Å². The third kappa shape index (κ3) is 3.82. The van der Waals surface area contributed by atoms with Crippen LogP contribution in [0.25, 0.3) is 0 Å². The first-order valence-corrected chi connectivity index (χ1v) is 6.49. The quantitative estimate of drug-likeness (QED) is 0.201. The van der Waals surface area contributed by atoms with Crippen LogP contribution < -0.4 is 0 Å². The summed E-state index contributed by atoms with van der Waals surface area (Å²) in [6, 6.07) is 0. The second kappa shape index (κ2) is 7.32. The summed E-state index contributed by atoms with van der Waals surface area (Å²) >= 11 is 1.54. The molecule has 1 rings (SSSR count). The minimum atomic E-state index is -2.19. The molecule has 0 N–H and O–H groups in total. The van der Waals surface area contributed by atoms with Gasteiger partial charge in [0, 0.05) is 5.75 Å². The molecule has 0 aliphatic carbocycles. The van der Waals surface area contributed by atoms with Gasteiger partial charge in [0.2, 0.25) is 5.82 Å². The van der Waals surface area contributed by atoms with Crippen molar-refractivity contribution in [1.29, 1.82) is 0 Å². The number of rotatable bonds is 6. The summed E-state index contributed by atoms with van der Waals surface area (Å²) in [6.45, 7) is -0.354. The minimum Gasteiger partial charge on any atom is -0.479 e. The van der Waals surface area contributed by atoms with Crippen LogP contribution in [0.4, 0.5) is 22.0 Å². The topological polar surface area (TPSA) is 21.6 Å². The van der Waals surface area contributed by atoms with Gasteiger partial charge in [-0.25, -0.2) is 22.0 Å². The van der Waals surface area contributed by atoms with E-state index in [1.54, 1.807) is 0 Å². The van der Waals surface area contributed by atoms with Crippen molar-refractivity contribution < 1.29 is 26.7 Å². The van der Waals surface area contributed by atoms with E-state index in [0.717, 1.165) is 12.2 Å². The fraction of sp³-hybridized carbons (Fsp3) is 0.364. The van der Waals surface area contributed by atoms with E-state index in [4.69, 9.17) is 0 Å². The highest BCUT2D eigenvalue weighted by Gasteiger charge is 2.25. The molecule has 19 heavy (non-hydrogen) atoms. The highest BCUT2D eigenvalue weighted by molar-refractivity contribution is 7.98. The molecule has 0 saturated carbocycles. The SMILES string of the molecule is CSCCN=COCc1c(F)c(F)c(F)c(F)c1F. The van der Waals surface area contributed by atoms with Crippen molar-refractivity contribution in [2.75, 3.05) is 18.6 Å². The summed E-state index contributed by atoms with van der Waals surface area (Å²) in [5, 5.41) is 0. The van der Waals surface area contributed by atoms with Gasteiger partial charge in [-0.3, -0.25) is 4.99 Å². The van der Waals surface area contributed by atoms with Crippen LogP contribution in [0.1, 0.15) is 5.56 Å². The molecule has 0 atom stereocenters. The molecule has 0 aromatic heterocycles. The van der Waals surface area contributed by atoms with Crippen molar-refractivity contribution in [3.05, 3.63) is 34.6 Å². The van der Waals surface area contributed by atoms with Crippen molar-refractivity contribution in [2.24, 2.45) is 4.99 Å². The fourth-order valence-corrected chi connectivity index (χ4v) is 1.44. The van der Waals surface area contributed by atoms with Crippen molar-refractivity contribution in [3.8, 4) is 0 Å².